The van der Waals surface area contributed by atoms with Crippen LogP contribution in [0.2, 0.25) is 0 Å². The summed E-state index contributed by atoms with van der Waals surface area (Å²) in [4.78, 5) is 23.2. The topological polar surface area (TPSA) is 43.4 Å². The fourth-order valence-electron chi connectivity index (χ4n) is 4.70. The van der Waals surface area contributed by atoms with Gasteiger partial charge < -0.3 is 4.74 Å². The number of ketones is 1. The van der Waals surface area contributed by atoms with Crippen LogP contribution in [0.3, 0.4) is 0 Å². The smallest absolute Gasteiger partial charge is 0.338 e. The summed E-state index contributed by atoms with van der Waals surface area (Å²) >= 11 is 1.57. The lowest BCUT2D eigenvalue weighted by Gasteiger charge is -2.29. The molecule has 0 spiro atoms. The van der Waals surface area contributed by atoms with Crippen LogP contribution in [0, 0.1) is 26.6 Å². The molecule has 1 atom stereocenters. The van der Waals surface area contributed by atoms with Crippen LogP contribution in [-0.4, -0.2) is 24.1 Å². The maximum absolute atomic E-state index is 12.6. The summed E-state index contributed by atoms with van der Waals surface area (Å²) in [5, 5.41) is 0.236. The highest BCUT2D eigenvalue weighted by molar-refractivity contribution is 8.00. The molecular weight excluding hydrogens is 495 g/mol. The van der Waals surface area contributed by atoms with Crippen LogP contribution in [0.5, 0.6) is 0 Å². The van der Waals surface area contributed by atoms with E-state index in [4.69, 9.17) is 4.74 Å². The number of hydrogen-bond donors (Lipinski definition) is 0. The number of aryl methyl sites for hydroxylation is 3. The SMILES string of the molecule is CC(=O)CSC(C)c1ccc(F)cc1.Cc1ccc(C2(COC(=O)c3ccc(C)c(C)c3)CCCC2)cc1. The second-order valence-electron chi connectivity index (χ2n) is 10.4. The largest absolute Gasteiger partial charge is 0.461 e. The lowest BCUT2D eigenvalue weighted by molar-refractivity contribution is -0.114. The molecule has 202 valence electrons. The van der Waals surface area contributed by atoms with Crippen molar-refractivity contribution in [1.29, 1.82) is 0 Å². The van der Waals surface area contributed by atoms with E-state index in [1.807, 2.05) is 32.0 Å². The molecule has 5 heteroatoms. The van der Waals surface area contributed by atoms with Crippen molar-refractivity contribution in [1.82, 2.24) is 0 Å². The number of hydrogen-bond acceptors (Lipinski definition) is 4. The Morgan fingerprint density at radius 2 is 1.55 bits per heavy atom. The molecule has 4 rings (SSSR count). The molecule has 0 amide bonds. The Balaban J connectivity index is 0.000000244. The summed E-state index contributed by atoms with van der Waals surface area (Å²) in [5.41, 5.74) is 6.57. The number of ether oxygens (including phenoxy) is 1. The Bertz CT molecular complexity index is 1210. The van der Waals surface area contributed by atoms with Crippen LogP contribution < -0.4 is 0 Å². The van der Waals surface area contributed by atoms with Gasteiger partial charge in [-0.25, -0.2) is 9.18 Å². The lowest BCUT2D eigenvalue weighted by atomic mass is 9.79. The molecular formula is C33H39FO3S. The molecule has 1 saturated carbocycles. The Kier molecular flexibility index (Phi) is 10.7. The third-order valence-corrected chi connectivity index (χ3v) is 8.67. The predicted octanol–water partition coefficient (Wildman–Crippen LogP) is 8.49. The van der Waals surface area contributed by atoms with Crippen molar-refractivity contribution < 1.29 is 18.7 Å². The second kappa shape index (κ2) is 13.7. The van der Waals surface area contributed by atoms with Gasteiger partial charge in [0.15, 0.2) is 0 Å². The van der Waals surface area contributed by atoms with Crippen molar-refractivity contribution in [3.05, 3.63) is 106 Å². The minimum atomic E-state index is -0.225. The van der Waals surface area contributed by atoms with E-state index in [2.05, 4.69) is 38.1 Å². The fraction of sp³-hybridized carbons (Fsp3) is 0.394. The number of rotatable bonds is 8. The van der Waals surface area contributed by atoms with Gasteiger partial charge in [-0.3, -0.25) is 4.79 Å². The summed E-state index contributed by atoms with van der Waals surface area (Å²) in [6.07, 6.45) is 4.59. The van der Waals surface area contributed by atoms with Gasteiger partial charge in [-0.1, -0.05) is 60.9 Å². The molecule has 1 aliphatic carbocycles. The molecule has 0 heterocycles. The Labute approximate surface area is 231 Å². The van der Waals surface area contributed by atoms with E-state index in [1.54, 1.807) is 30.8 Å². The maximum Gasteiger partial charge on any atom is 0.338 e. The highest BCUT2D eigenvalue weighted by atomic mass is 32.2. The number of halogens is 1. The van der Waals surface area contributed by atoms with Crippen LogP contribution in [0.15, 0.2) is 66.7 Å². The standard InChI is InChI=1S/C22H26O2.C11H13FOS/c1-16-6-10-20(11-7-16)22(12-4-5-13-22)15-24-21(23)19-9-8-17(2)18(3)14-19;1-8(13)7-14-9(2)10-3-5-11(12)6-4-10/h6-11,14H,4-5,12-13,15H2,1-3H3;3-6,9H,7H2,1-2H3. The molecule has 0 N–H and O–H groups in total. The van der Waals surface area contributed by atoms with Crippen molar-refractivity contribution >= 4 is 23.5 Å². The van der Waals surface area contributed by atoms with E-state index in [1.165, 1.54) is 41.7 Å². The van der Waals surface area contributed by atoms with Gasteiger partial charge in [0.05, 0.1) is 11.3 Å². The van der Waals surface area contributed by atoms with E-state index < -0.39 is 0 Å². The van der Waals surface area contributed by atoms with Crippen LogP contribution in [0.4, 0.5) is 4.39 Å². The Morgan fingerprint density at radius 3 is 2.13 bits per heavy atom. The van der Waals surface area contributed by atoms with Crippen molar-refractivity contribution in [2.24, 2.45) is 0 Å². The summed E-state index contributed by atoms with van der Waals surface area (Å²) in [6.45, 7) is 10.2. The number of carbonyl (C=O) groups is 2. The number of esters is 1. The summed E-state index contributed by atoms with van der Waals surface area (Å²) < 4.78 is 18.4. The molecule has 3 aromatic rings. The van der Waals surface area contributed by atoms with Gasteiger partial charge in [-0.2, -0.15) is 0 Å². The van der Waals surface area contributed by atoms with Crippen molar-refractivity contribution in [2.45, 2.75) is 71.0 Å². The quantitative estimate of drug-likeness (QED) is 0.272. The number of carbonyl (C=O) groups excluding carboxylic acids is 2. The first-order chi connectivity index (χ1) is 18.1. The average Bonchev–Trinajstić information content (AvgIpc) is 3.39. The molecule has 38 heavy (non-hydrogen) atoms. The van der Waals surface area contributed by atoms with Gasteiger partial charge in [-0.15, -0.1) is 11.8 Å². The van der Waals surface area contributed by atoms with E-state index in [0.29, 0.717) is 17.9 Å². The van der Waals surface area contributed by atoms with Crippen molar-refractivity contribution in [3.8, 4) is 0 Å². The molecule has 1 unspecified atom stereocenters. The molecule has 3 nitrogen and oxygen atoms in total. The van der Waals surface area contributed by atoms with Crippen molar-refractivity contribution in [2.75, 3.05) is 12.4 Å². The third kappa shape index (κ3) is 8.29. The Hall–Kier alpha value is -2.92. The molecule has 0 aliphatic heterocycles. The second-order valence-corrected chi connectivity index (χ2v) is 11.8. The first-order valence-electron chi connectivity index (χ1n) is 13.3. The number of Topliss-reactive ketones (excluding diaryl/α,β-unsaturated/α-hetero) is 1. The van der Waals surface area contributed by atoms with E-state index >= 15 is 0 Å². The molecule has 0 aromatic heterocycles. The molecule has 0 saturated heterocycles. The van der Waals surface area contributed by atoms with Gasteiger partial charge in [0, 0.05) is 10.7 Å². The summed E-state index contributed by atoms with van der Waals surface area (Å²) in [7, 11) is 0. The maximum atomic E-state index is 12.6. The first-order valence-corrected chi connectivity index (χ1v) is 14.3. The fourth-order valence-corrected chi connectivity index (χ4v) is 5.54. The molecule has 1 aliphatic rings. The van der Waals surface area contributed by atoms with Gasteiger partial charge in [0.2, 0.25) is 0 Å². The molecule has 1 fully saturated rings. The number of benzene rings is 3. The highest BCUT2D eigenvalue weighted by Gasteiger charge is 2.37. The summed E-state index contributed by atoms with van der Waals surface area (Å²) in [5.74, 6) is 0.247. The molecule has 3 aromatic carbocycles. The van der Waals surface area contributed by atoms with Gasteiger partial charge in [0.25, 0.3) is 0 Å². The van der Waals surface area contributed by atoms with Crippen LogP contribution in [-0.2, 0) is 14.9 Å². The van der Waals surface area contributed by atoms with E-state index in [9.17, 15) is 14.0 Å². The zero-order valence-corrected chi connectivity index (χ0v) is 24.0. The van der Waals surface area contributed by atoms with E-state index in [0.717, 1.165) is 24.0 Å². The molecule has 0 bridgehead atoms. The highest BCUT2D eigenvalue weighted by Crippen LogP contribution is 2.41. The van der Waals surface area contributed by atoms with Gasteiger partial charge >= 0.3 is 5.97 Å². The summed E-state index contributed by atoms with van der Waals surface area (Å²) in [6, 6.07) is 20.9. The zero-order valence-electron chi connectivity index (χ0n) is 23.2. The van der Waals surface area contributed by atoms with Crippen LogP contribution in [0.25, 0.3) is 0 Å². The van der Waals surface area contributed by atoms with Gasteiger partial charge in [0.1, 0.15) is 18.2 Å². The third-order valence-electron chi connectivity index (χ3n) is 7.32. The number of thioether (sulfide) groups is 1. The van der Waals surface area contributed by atoms with E-state index in [-0.39, 0.29) is 28.2 Å². The molecule has 0 radical (unpaired) electrons. The first kappa shape index (κ1) is 29.6. The van der Waals surface area contributed by atoms with Gasteiger partial charge in [-0.05, 0) is 94.0 Å². The average molecular weight is 535 g/mol. The minimum absolute atomic E-state index is 0.0108. The van der Waals surface area contributed by atoms with Crippen molar-refractivity contribution in [3.63, 3.8) is 0 Å². The minimum Gasteiger partial charge on any atom is -0.461 e. The lowest BCUT2D eigenvalue weighted by Crippen LogP contribution is -2.30. The normalized spacial score (nSPS) is 14.8. The van der Waals surface area contributed by atoms with Crippen LogP contribution >= 0.6 is 11.8 Å². The zero-order chi connectivity index (χ0) is 27.7. The monoisotopic (exact) mass is 534 g/mol. The van der Waals surface area contributed by atoms with Crippen LogP contribution in [0.1, 0.15) is 83.0 Å². The predicted molar refractivity (Wildman–Crippen MR) is 155 cm³/mol. The Morgan fingerprint density at radius 1 is 0.921 bits per heavy atom.